The average molecular weight is 299 g/mol. The first-order valence-electron chi connectivity index (χ1n) is 7.20. The molecule has 2 amide bonds. The summed E-state index contributed by atoms with van der Waals surface area (Å²) >= 11 is 0. The second-order valence-corrected chi connectivity index (χ2v) is 6.95. The zero-order chi connectivity index (χ0) is 16.4. The van der Waals surface area contributed by atoms with E-state index in [0.717, 1.165) is 4.90 Å². The minimum absolute atomic E-state index is 0.0186. The molecule has 1 aliphatic rings. The van der Waals surface area contributed by atoms with Crippen LogP contribution in [0.1, 0.15) is 54.4 Å². The van der Waals surface area contributed by atoms with Crippen LogP contribution in [0.25, 0.3) is 0 Å². The van der Waals surface area contributed by atoms with E-state index in [1.54, 1.807) is 34.6 Å². The van der Waals surface area contributed by atoms with Crippen LogP contribution in [-0.4, -0.2) is 41.1 Å². The highest BCUT2D eigenvalue weighted by Gasteiger charge is 2.40. The highest BCUT2D eigenvalue weighted by atomic mass is 16.6. The standard InChI is InChI=1S/C15H25NO5/c1-7-15(5,6)12(18)20-10-8-11(17)16(9-10)13(19)21-14(2,3)4/h10H,7-9H2,1-6H3. The first-order chi connectivity index (χ1) is 9.46. The van der Waals surface area contributed by atoms with E-state index in [-0.39, 0.29) is 24.8 Å². The number of hydrogen-bond acceptors (Lipinski definition) is 5. The van der Waals surface area contributed by atoms with Crippen LogP contribution in [0.2, 0.25) is 0 Å². The molecule has 0 saturated carbocycles. The highest BCUT2D eigenvalue weighted by Crippen LogP contribution is 2.25. The summed E-state index contributed by atoms with van der Waals surface area (Å²) in [5.74, 6) is -0.731. The molecule has 0 radical (unpaired) electrons. The fraction of sp³-hybridized carbons (Fsp3) is 0.800. The van der Waals surface area contributed by atoms with Gasteiger partial charge in [0.2, 0.25) is 5.91 Å². The van der Waals surface area contributed by atoms with Gasteiger partial charge < -0.3 is 9.47 Å². The van der Waals surface area contributed by atoms with Gasteiger partial charge in [-0.1, -0.05) is 6.92 Å². The Morgan fingerprint density at radius 2 is 1.81 bits per heavy atom. The fourth-order valence-electron chi connectivity index (χ4n) is 1.70. The maximum absolute atomic E-state index is 12.0. The number of amides is 2. The summed E-state index contributed by atoms with van der Waals surface area (Å²) in [5.41, 5.74) is -1.27. The quantitative estimate of drug-likeness (QED) is 0.749. The number of carbonyl (C=O) groups is 3. The van der Waals surface area contributed by atoms with Crippen LogP contribution in [-0.2, 0) is 19.1 Å². The zero-order valence-corrected chi connectivity index (χ0v) is 13.7. The van der Waals surface area contributed by atoms with E-state index in [1.807, 2.05) is 6.92 Å². The molecule has 0 N–H and O–H groups in total. The molecule has 1 unspecified atom stereocenters. The van der Waals surface area contributed by atoms with E-state index in [1.165, 1.54) is 0 Å². The Balaban J connectivity index is 2.63. The van der Waals surface area contributed by atoms with Gasteiger partial charge in [-0.25, -0.2) is 9.69 Å². The van der Waals surface area contributed by atoms with E-state index in [0.29, 0.717) is 6.42 Å². The molecular formula is C15H25NO5. The number of imide groups is 1. The summed E-state index contributed by atoms with van der Waals surface area (Å²) in [6.07, 6.45) is -0.628. The SMILES string of the molecule is CCC(C)(C)C(=O)OC1CC(=O)N(C(=O)OC(C)(C)C)C1. The summed E-state index contributed by atoms with van der Waals surface area (Å²) < 4.78 is 10.5. The molecule has 0 aromatic rings. The Kier molecular flexibility index (Phi) is 5.02. The average Bonchev–Trinajstić information content (AvgIpc) is 2.68. The monoisotopic (exact) mass is 299 g/mol. The van der Waals surface area contributed by atoms with Gasteiger partial charge >= 0.3 is 12.1 Å². The molecule has 1 heterocycles. The van der Waals surface area contributed by atoms with Crippen molar-refractivity contribution in [2.75, 3.05) is 6.54 Å². The van der Waals surface area contributed by atoms with E-state index >= 15 is 0 Å². The van der Waals surface area contributed by atoms with Gasteiger partial charge in [0.15, 0.2) is 0 Å². The number of ether oxygens (including phenoxy) is 2. The van der Waals surface area contributed by atoms with Crippen LogP contribution in [0.3, 0.4) is 0 Å². The molecule has 6 nitrogen and oxygen atoms in total. The molecule has 1 saturated heterocycles. The van der Waals surface area contributed by atoms with Crippen LogP contribution < -0.4 is 0 Å². The third-order valence-electron chi connectivity index (χ3n) is 3.41. The van der Waals surface area contributed by atoms with E-state index in [2.05, 4.69) is 0 Å². The number of rotatable bonds is 3. The minimum Gasteiger partial charge on any atom is -0.460 e. The lowest BCUT2D eigenvalue weighted by Gasteiger charge is -2.24. The van der Waals surface area contributed by atoms with Gasteiger partial charge in [-0.2, -0.15) is 0 Å². The van der Waals surface area contributed by atoms with Crippen LogP contribution in [0, 0.1) is 5.41 Å². The molecular weight excluding hydrogens is 274 g/mol. The Hall–Kier alpha value is -1.59. The highest BCUT2D eigenvalue weighted by molar-refractivity contribution is 5.94. The van der Waals surface area contributed by atoms with Crippen molar-refractivity contribution < 1.29 is 23.9 Å². The first kappa shape index (κ1) is 17.5. The van der Waals surface area contributed by atoms with Gasteiger partial charge in [-0.3, -0.25) is 9.59 Å². The van der Waals surface area contributed by atoms with Crippen LogP contribution in [0.15, 0.2) is 0 Å². The molecule has 1 atom stereocenters. The molecule has 0 aliphatic carbocycles. The van der Waals surface area contributed by atoms with E-state index < -0.39 is 23.2 Å². The second-order valence-electron chi connectivity index (χ2n) is 6.95. The maximum atomic E-state index is 12.0. The number of nitrogens with zero attached hydrogens (tertiary/aromatic N) is 1. The van der Waals surface area contributed by atoms with Crippen LogP contribution >= 0.6 is 0 Å². The molecule has 1 fully saturated rings. The Bertz CT molecular complexity index is 436. The zero-order valence-electron chi connectivity index (χ0n) is 13.7. The van der Waals surface area contributed by atoms with Gasteiger partial charge in [0.25, 0.3) is 0 Å². The molecule has 6 heteroatoms. The molecule has 21 heavy (non-hydrogen) atoms. The molecule has 0 bridgehead atoms. The molecule has 120 valence electrons. The van der Waals surface area contributed by atoms with Crippen molar-refractivity contribution in [3.05, 3.63) is 0 Å². The molecule has 0 aromatic heterocycles. The third kappa shape index (κ3) is 4.72. The van der Waals surface area contributed by atoms with Gasteiger partial charge in [-0.05, 0) is 41.0 Å². The predicted molar refractivity (Wildman–Crippen MR) is 76.5 cm³/mol. The van der Waals surface area contributed by atoms with Crippen molar-refractivity contribution in [2.45, 2.75) is 66.1 Å². The van der Waals surface area contributed by atoms with Crippen molar-refractivity contribution in [1.29, 1.82) is 0 Å². The third-order valence-corrected chi connectivity index (χ3v) is 3.41. The maximum Gasteiger partial charge on any atom is 0.417 e. The van der Waals surface area contributed by atoms with Gasteiger partial charge in [0, 0.05) is 0 Å². The number of carbonyl (C=O) groups excluding carboxylic acids is 3. The normalized spacial score (nSPS) is 19.6. The fourth-order valence-corrected chi connectivity index (χ4v) is 1.70. The Morgan fingerprint density at radius 1 is 1.24 bits per heavy atom. The van der Waals surface area contributed by atoms with Crippen LogP contribution in [0.5, 0.6) is 0 Å². The Labute approximate surface area is 125 Å². The van der Waals surface area contributed by atoms with E-state index in [9.17, 15) is 14.4 Å². The number of esters is 1. The summed E-state index contributed by atoms with van der Waals surface area (Å²) in [6.45, 7) is 10.7. The van der Waals surface area contributed by atoms with Crippen molar-refractivity contribution in [1.82, 2.24) is 4.90 Å². The second kappa shape index (κ2) is 6.03. The minimum atomic E-state index is -0.694. The molecule has 1 rings (SSSR count). The summed E-state index contributed by atoms with van der Waals surface area (Å²) in [5, 5.41) is 0. The predicted octanol–water partition coefficient (Wildman–Crippen LogP) is 2.50. The van der Waals surface area contributed by atoms with Gasteiger partial charge in [0.05, 0.1) is 18.4 Å². The summed E-state index contributed by atoms with van der Waals surface area (Å²) in [4.78, 5) is 36.7. The smallest absolute Gasteiger partial charge is 0.417 e. The largest absolute Gasteiger partial charge is 0.460 e. The van der Waals surface area contributed by atoms with Crippen molar-refractivity contribution in [3.63, 3.8) is 0 Å². The van der Waals surface area contributed by atoms with Crippen molar-refractivity contribution in [2.24, 2.45) is 5.41 Å². The number of likely N-dealkylation sites (tertiary alicyclic amines) is 1. The summed E-state index contributed by atoms with van der Waals surface area (Å²) in [7, 11) is 0. The molecule has 0 aromatic carbocycles. The molecule has 0 spiro atoms. The summed E-state index contributed by atoms with van der Waals surface area (Å²) in [6, 6.07) is 0. The van der Waals surface area contributed by atoms with Gasteiger partial charge in [0.1, 0.15) is 11.7 Å². The van der Waals surface area contributed by atoms with Gasteiger partial charge in [-0.15, -0.1) is 0 Å². The van der Waals surface area contributed by atoms with Crippen LogP contribution in [0.4, 0.5) is 4.79 Å². The number of hydrogen-bond donors (Lipinski definition) is 0. The lowest BCUT2D eigenvalue weighted by Crippen LogP contribution is -2.38. The Morgan fingerprint density at radius 3 is 2.29 bits per heavy atom. The topological polar surface area (TPSA) is 72.9 Å². The first-order valence-corrected chi connectivity index (χ1v) is 7.20. The van der Waals surface area contributed by atoms with Crippen molar-refractivity contribution >= 4 is 18.0 Å². The van der Waals surface area contributed by atoms with Crippen molar-refractivity contribution in [3.8, 4) is 0 Å². The lowest BCUT2D eigenvalue weighted by atomic mass is 9.90. The lowest BCUT2D eigenvalue weighted by molar-refractivity contribution is -0.159. The molecule has 1 aliphatic heterocycles. The van der Waals surface area contributed by atoms with E-state index in [4.69, 9.17) is 9.47 Å².